The van der Waals surface area contributed by atoms with Crippen LogP contribution in [0.2, 0.25) is 0 Å². The van der Waals surface area contributed by atoms with Gasteiger partial charge in [0.1, 0.15) is 0 Å². The molecule has 1 aliphatic rings. The average Bonchev–Trinajstić information content (AvgIpc) is 2.82. The van der Waals surface area contributed by atoms with Gasteiger partial charge in [0, 0.05) is 36.4 Å². The number of nitrogens with one attached hydrogen (secondary N) is 2. The average molecular weight is 345 g/mol. The summed E-state index contributed by atoms with van der Waals surface area (Å²) in [7, 11) is 0. The molecule has 1 aromatic heterocycles. The first-order valence-corrected chi connectivity index (χ1v) is 8.18. The zero-order chi connectivity index (χ0) is 16.1. The summed E-state index contributed by atoms with van der Waals surface area (Å²) in [6, 6.07) is -0.0477. The van der Waals surface area contributed by atoms with Crippen molar-refractivity contribution in [1.82, 2.24) is 15.5 Å². The molecule has 7 heteroatoms. The molecule has 1 aromatic rings. The lowest BCUT2D eigenvalue weighted by molar-refractivity contribution is -0.127. The van der Waals surface area contributed by atoms with Crippen LogP contribution in [-0.2, 0) is 16.1 Å². The number of nitrogens with zero attached hydrogens (tertiary/aromatic N) is 1. The maximum absolute atomic E-state index is 12.3. The van der Waals surface area contributed by atoms with E-state index in [1.807, 2.05) is 13.8 Å². The van der Waals surface area contributed by atoms with Gasteiger partial charge in [0.25, 0.3) is 0 Å². The van der Waals surface area contributed by atoms with Crippen LogP contribution in [0.1, 0.15) is 49.6 Å². The SMILES string of the molecule is CCCO[C@@H]1CC[C@H](C(=O)NCc2c(C)n[nH]c2C)C[C@H]1N.Cl. The number of hydrogen-bond donors (Lipinski definition) is 3. The molecule has 0 aliphatic heterocycles. The smallest absolute Gasteiger partial charge is 0.223 e. The molecule has 1 saturated carbocycles. The Hall–Kier alpha value is -1.11. The summed E-state index contributed by atoms with van der Waals surface area (Å²) in [4.78, 5) is 12.3. The van der Waals surface area contributed by atoms with Crippen LogP contribution in [0.5, 0.6) is 0 Å². The zero-order valence-corrected chi connectivity index (χ0v) is 15.0. The number of nitrogens with two attached hydrogens (primary N) is 1. The van der Waals surface area contributed by atoms with E-state index in [4.69, 9.17) is 10.5 Å². The van der Waals surface area contributed by atoms with Crippen molar-refractivity contribution >= 4 is 18.3 Å². The van der Waals surface area contributed by atoms with E-state index in [0.717, 1.165) is 42.8 Å². The first kappa shape index (κ1) is 19.9. The number of H-pyrrole nitrogens is 1. The third-order valence-electron chi connectivity index (χ3n) is 4.46. The molecule has 0 spiro atoms. The highest BCUT2D eigenvalue weighted by atomic mass is 35.5. The Morgan fingerprint density at radius 1 is 1.43 bits per heavy atom. The van der Waals surface area contributed by atoms with Crippen molar-refractivity contribution in [3.05, 3.63) is 17.0 Å². The Bertz CT molecular complexity index is 487. The van der Waals surface area contributed by atoms with Crippen LogP contribution >= 0.6 is 12.4 Å². The van der Waals surface area contributed by atoms with Gasteiger partial charge in [-0.25, -0.2) is 0 Å². The number of carbonyl (C=O) groups is 1. The fourth-order valence-corrected chi connectivity index (χ4v) is 3.05. The molecule has 1 fully saturated rings. The van der Waals surface area contributed by atoms with Crippen LogP contribution in [0, 0.1) is 19.8 Å². The van der Waals surface area contributed by atoms with Gasteiger partial charge < -0.3 is 15.8 Å². The van der Waals surface area contributed by atoms with E-state index in [1.54, 1.807) is 0 Å². The van der Waals surface area contributed by atoms with Crippen LogP contribution in [0.15, 0.2) is 0 Å². The van der Waals surface area contributed by atoms with Gasteiger partial charge in [-0.2, -0.15) is 5.10 Å². The number of hydrogen-bond acceptors (Lipinski definition) is 4. The minimum Gasteiger partial charge on any atom is -0.377 e. The Balaban J connectivity index is 0.00000264. The summed E-state index contributed by atoms with van der Waals surface area (Å²) >= 11 is 0. The third kappa shape index (κ3) is 5.19. The topological polar surface area (TPSA) is 93.0 Å². The minimum absolute atomic E-state index is 0. The molecule has 0 aromatic carbocycles. The molecule has 0 unspecified atom stereocenters. The van der Waals surface area contributed by atoms with E-state index in [-0.39, 0.29) is 36.4 Å². The molecule has 1 heterocycles. The van der Waals surface area contributed by atoms with Gasteiger partial charge in [-0.3, -0.25) is 9.89 Å². The molecule has 1 amide bonds. The van der Waals surface area contributed by atoms with Crippen molar-refractivity contribution in [2.24, 2.45) is 11.7 Å². The summed E-state index contributed by atoms with van der Waals surface area (Å²) < 4.78 is 5.75. The fraction of sp³-hybridized carbons (Fsp3) is 0.750. The quantitative estimate of drug-likeness (QED) is 0.735. The summed E-state index contributed by atoms with van der Waals surface area (Å²) in [5, 5.41) is 10.1. The molecular formula is C16H29ClN4O2. The third-order valence-corrected chi connectivity index (χ3v) is 4.46. The predicted octanol–water partition coefficient (Wildman–Crippen LogP) is 1.99. The number of rotatable bonds is 6. The molecule has 1 aliphatic carbocycles. The standard InChI is InChI=1S/C16H28N4O2.ClH/c1-4-7-22-15-6-5-12(8-14(15)17)16(21)18-9-13-10(2)19-20-11(13)3;/h12,14-15H,4-9,17H2,1-3H3,(H,18,21)(H,19,20);1H/t12-,14+,15+;/m0./s1. The second-order valence-electron chi connectivity index (χ2n) is 6.21. The van der Waals surface area contributed by atoms with E-state index in [1.165, 1.54) is 0 Å². The van der Waals surface area contributed by atoms with Gasteiger partial charge in [-0.1, -0.05) is 6.92 Å². The summed E-state index contributed by atoms with van der Waals surface area (Å²) in [5.41, 5.74) is 9.18. The molecule has 6 nitrogen and oxygen atoms in total. The van der Waals surface area contributed by atoms with Crippen LogP contribution in [0.25, 0.3) is 0 Å². The van der Waals surface area contributed by atoms with Gasteiger partial charge >= 0.3 is 0 Å². The monoisotopic (exact) mass is 344 g/mol. The molecule has 132 valence electrons. The van der Waals surface area contributed by atoms with Crippen LogP contribution < -0.4 is 11.1 Å². The molecule has 0 radical (unpaired) electrons. The molecule has 3 atom stereocenters. The molecule has 0 saturated heterocycles. The maximum atomic E-state index is 12.3. The summed E-state index contributed by atoms with van der Waals surface area (Å²) in [6.45, 7) is 7.26. The van der Waals surface area contributed by atoms with E-state index in [0.29, 0.717) is 13.0 Å². The fourth-order valence-electron chi connectivity index (χ4n) is 3.05. The van der Waals surface area contributed by atoms with Crippen molar-refractivity contribution in [2.45, 2.75) is 65.1 Å². The van der Waals surface area contributed by atoms with Gasteiger partial charge in [0.05, 0.1) is 11.8 Å². The molecule has 2 rings (SSSR count). The first-order valence-electron chi connectivity index (χ1n) is 8.18. The van der Waals surface area contributed by atoms with Gasteiger partial charge in [-0.05, 0) is 39.5 Å². The summed E-state index contributed by atoms with van der Waals surface area (Å²) in [5.74, 6) is 0.0772. The van der Waals surface area contributed by atoms with Crippen molar-refractivity contribution in [2.75, 3.05) is 6.61 Å². The van der Waals surface area contributed by atoms with Gasteiger partial charge in [0.15, 0.2) is 0 Å². The van der Waals surface area contributed by atoms with Crippen molar-refractivity contribution < 1.29 is 9.53 Å². The van der Waals surface area contributed by atoms with Crippen LogP contribution in [0.4, 0.5) is 0 Å². The molecule has 4 N–H and O–H groups in total. The second-order valence-corrected chi connectivity index (χ2v) is 6.21. The number of aromatic nitrogens is 2. The Morgan fingerprint density at radius 2 is 2.17 bits per heavy atom. The predicted molar refractivity (Wildman–Crippen MR) is 92.5 cm³/mol. The number of ether oxygens (including phenoxy) is 1. The Kier molecular flexibility index (Phi) is 8.02. The van der Waals surface area contributed by atoms with Crippen molar-refractivity contribution in [3.63, 3.8) is 0 Å². The highest BCUT2D eigenvalue weighted by Crippen LogP contribution is 2.26. The van der Waals surface area contributed by atoms with Crippen LogP contribution in [-0.4, -0.2) is 34.9 Å². The lowest BCUT2D eigenvalue weighted by atomic mass is 9.83. The number of aryl methyl sites for hydroxylation is 2. The second kappa shape index (κ2) is 9.25. The van der Waals surface area contributed by atoms with Crippen molar-refractivity contribution in [1.29, 1.82) is 0 Å². The minimum atomic E-state index is -0.0477. The maximum Gasteiger partial charge on any atom is 0.223 e. The largest absolute Gasteiger partial charge is 0.377 e. The van der Waals surface area contributed by atoms with E-state index < -0.39 is 0 Å². The van der Waals surface area contributed by atoms with Crippen LogP contribution in [0.3, 0.4) is 0 Å². The number of halogens is 1. The number of aromatic amines is 1. The lowest BCUT2D eigenvalue weighted by Crippen LogP contribution is -2.46. The lowest BCUT2D eigenvalue weighted by Gasteiger charge is -2.33. The first-order chi connectivity index (χ1) is 10.5. The van der Waals surface area contributed by atoms with Gasteiger partial charge in [0.2, 0.25) is 5.91 Å². The normalized spacial score (nSPS) is 24.1. The van der Waals surface area contributed by atoms with Gasteiger partial charge in [-0.15, -0.1) is 12.4 Å². The van der Waals surface area contributed by atoms with E-state index >= 15 is 0 Å². The van der Waals surface area contributed by atoms with Crippen molar-refractivity contribution in [3.8, 4) is 0 Å². The Labute approximate surface area is 144 Å². The zero-order valence-electron chi connectivity index (χ0n) is 14.2. The number of amides is 1. The highest BCUT2D eigenvalue weighted by Gasteiger charge is 2.32. The summed E-state index contributed by atoms with van der Waals surface area (Å²) in [6.07, 6.45) is 3.50. The number of carbonyl (C=O) groups excluding carboxylic acids is 1. The Morgan fingerprint density at radius 3 is 2.74 bits per heavy atom. The molecular weight excluding hydrogens is 316 g/mol. The van der Waals surface area contributed by atoms with E-state index in [9.17, 15) is 4.79 Å². The molecule has 0 bridgehead atoms. The highest BCUT2D eigenvalue weighted by molar-refractivity contribution is 5.85. The van der Waals surface area contributed by atoms with E-state index in [2.05, 4.69) is 22.4 Å². The molecule has 23 heavy (non-hydrogen) atoms.